The predicted molar refractivity (Wildman–Crippen MR) is 268 cm³/mol. The number of nitrogens with zero attached hydrogens (tertiary/aromatic N) is 1. The summed E-state index contributed by atoms with van der Waals surface area (Å²) in [7, 11) is 4.31. The van der Waals surface area contributed by atoms with Gasteiger partial charge in [-0.15, -0.1) is 0 Å². The average molecular weight is 1030 g/mol. The van der Waals surface area contributed by atoms with Crippen LogP contribution in [0.15, 0.2) is 24.3 Å². The number of carbonyl (C=O) groups is 10. The van der Waals surface area contributed by atoms with Gasteiger partial charge < -0.3 is 59.6 Å². The van der Waals surface area contributed by atoms with Gasteiger partial charge in [-0.2, -0.15) is 0 Å². The van der Waals surface area contributed by atoms with E-state index < -0.39 is 119 Å². The van der Waals surface area contributed by atoms with E-state index in [0.717, 1.165) is 24.8 Å². The van der Waals surface area contributed by atoms with Gasteiger partial charge in [0.05, 0.1) is 38.2 Å². The highest BCUT2D eigenvalue weighted by Gasteiger charge is 2.44. The molecule has 3 aliphatic rings. The first-order valence-corrected chi connectivity index (χ1v) is 26.7. The molecule has 1 unspecified atom stereocenters. The molecule has 4 rings (SSSR count). The first-order chi connectivity index (χ1) is 33.8. The van der Waals surface area contributed by atoms with Crippen LogP contribution >= 0.6 is 21.6 Å². The molecule has 8 atom stereocenters. The van der Waals surface area contributed by atoms with E-state index in [4.69, 9.17) is 27.7 Å². The van der Waals surface area contributed by atoms with Crippen LogP contribution in [-0.2, 0) is 54.4 Å². The molecule has 24 heteroatoms. The van der Waals surface area contributed by atoms with E-state index in [0.29, 0.717) is 37.9 Å². The van der Waals surface area contributed by atoms with Gasteiger partial charge in [-0.05, 0) is 88.1 Å². The summed E-state index contributed by atoms with van der Waals surface area (Å²) in [6, 6.07) is -1.50. The van der Waals surface area contributed by atoms with Gasteiger partial charge in [-0.3, -0.25) is 52.8 Å². The molecular formula is C47H73N11O11S2. The lowest BCUT2D eigenvalue weighted by molar-refractivity contribution is -0.137. The summed E-state index contributed by atoms with van der Waals surface area (Å²) >= 11 is 0. The van der Waals surface area contributed by atoms with E-state index in [9.17, 15) is 47.9 Å². The number of carbonyl (C=O) groups excluding carboxylic acids is 10. The van der Waals surface area contributed by atoms with Crippen molar-refractivity contribution in [3.8, 4) is 5.75 Å². The topological polar surface area (TPSA) is 359 Å². The van der Waals surface area contributed by atoms with Crippen LogP contribution in [0.3, 0.4) is 0 Å². The number of hydrogen-bond donors (Lipinski definition) is 10. The monoisotopic (exact) mass is 1030 g/mol. The van der Waals surface area contributed by atoms with Crippen LogP contribution in [0.2, 0.25) is 0 Å². The van der Waals surface area contributed by atoms with E-state index in [1.54, 1.807) is 36.1 Å². The maximum absolute atomic E-state index is 14.8. The normalized spacial score (nSPS) is 24.9. The average Bonchev–Trinajstić information content (AvgIpc) is 3.82. The third-order valence-corrected chi connectivity index (χ3v) is 16.5. The molecule has 1 aromatic rings. The second kappa shape index (κ2) is 28.5. The highest BCUT2D eigenvalue weighted by molar-refractivity contribution is 8.77. The van der Waals surface area contributed by atoms with E-state index in [2.05, 4.69) is 31.9 Å². The molecular weight excluding hydrogens is 959 g/mol. The Balaban J connectivity index is 1.81. The van der Waals surface area contributed by atoms with Crippen LogP contribution in [-0.4, -0.2) is 143 Å². The lowest BCUT2D eigenvalue weighted by Crippen LogP contribution is -2.61. The van der Waals surface area contributed by atoms with Crippen LogP contribution in [0.25, 0.3) is 0 Å². The van der Waals surface area contributed by atoms with Crippen molar-refractivity contribution in [3.63, 3.8) is 0 Å². The summed E-state index contributed by atoms with van der Waals surface area (Å²) in [5.74, 6) is -7.16. The Bertz CT molecular complexity index is 2060. The minimum atomic E-state index is -1.65. The summed E-state index contributed by atoms with van der Waals surface area (Å²) in [5.41, 5.74) is 22.8. The Morgan fingerprint density at radius 3 is 2.13 bits per heavy atom. The quantitative estimate of drug-likeness (QED) is 0.0750. The van der Waals surface area contributed by atoms with E-state index in [1.165, 1.54) is 28.7 Å². The van der Waals surface area contributed by atoms with Crippen LogP contribution in [0.1, 0.15) is 109 Å². The highest BCUT2D eigenvalue weighted by Crippen LogP contribution is 2.49. The maximum atomic E-state index is 14.8. The van der Waals surface area contributed by atoms with E-state index in [-0.39, 0.29) is 63.2 Å². The minimum absolute atomic E-state index is 0.0169. The molecule has 9 amide bonds. The first-order valence-electron chi connectivity index (χ1n) is 24.4. The van der Waals surface area contributed by atoms with E-state index in [1.807, 2.05) is 6.92 Å². The van der Waals surface area contributed by atoms with Crippen molar-refractivity contribution in [3.05, 3.63) is 29.8 Å². The number of ketones is 1. The number of nitrogens with one attached hydrogen (secondary N) is 6. The smallest absolute Gasteiger partial charge is 0.243 e. The summed E-state index contributed by atoms with van der Waals surface area (Å²) in [5, 5.41) is 16.1. The standard InChI is InChI=1S/C47H73N11O11S2/c1-4-27(2)40-46(68)55-32(22-28-12-14-29(69-3)15-13-28)36(59)24-47(18-6-5-7-19-47)71-70-26-35(45(67)56-33(23-38(50)61)43(65)53-31(42(64)57-40)16-17-37(49)60)58-21-9-11-34(58)44(66)54-30(10-8-20-48)41(63)52-25-39(51)62/h12-15,27,30-35,40H,4-11,16-26,48H2,1-3H3,(H2,49,60)(H2,50,61)(H2,51,62)(H,52,63)(H,53,65)(H,54,66)(H,55,68)(H,56,67)(H,57,64)/t27?,30-,31-,32-,33-,34-,35+,40-/m0/s1. The molecule has 394 valence electrons. The van der Waals surface area contributed by atoms with Gasteiger partial charge in [-0.1, -0.05) is 73.3 Å². The summed E-state index contributed by atoms with van der Waals surface area (Å²) in [4.78, 5) is 138. The number of ether oxygens (including phenoxy) is 1. The van der Waals surface area contributed by atoms with Gasteiger partial charge in [0.1, 0.15) is 29.9 Å². The zero-order chi connectivity index (χ0) is 52.3. The van der Waals surface area contributed by atoms with Crippen LogP contribution in [0.5, 0.6) is 5.75 Å². The number of Topliss-reactive ketones (excluding diaryl/α,β-unsaturated/α-hetero) is 1. The van der Waals surface area contributed by atoms with E-state index >= 15 is 0 Å². The fraction of sp³-hybridized carbons (Fsp3) is 0.660. The Hall–Kier alpha value is -5.46. The molecule has 2 saturated heterocycles. The summed E-state index contributed by atoms with van der Waals surface area (Å²) < 4.78 is 4.70. The molecule has 2 heterocycles. The molecule has 14 N–H and O–H groups in total. The van der Waals surface area contributed by atoms with Crippen LogP contribution < -0.4 is 59.6 Å². The molecule has 1 saturated carbocycles. The molecule has 2 aliphatic heterocycles. The fourth-order valence-electron chi connectivity index (χ4n) is 9.04. The zero-order valence-electron chi connectivity index (χ0n) is 40.9. The lowest BCUT2D eigenvalue weighted by Gasteiger charge is -2.38. The Labute approximate surface area is 422 Å². The van der Waals surface area contributed by atoms with Gasteiger partial charge in [0, 0.05) is 23.3 Å². The summed E-state index contributed by atoms with van der Waals surface area (Å²) in [6.07, 6.45) is 4.27. The molecule has 22 nitrogen and oxygen atoms in total. The lowest BCUT2D eigenvalue weighted by atomic mass is 9.83. The molecule has 1 aliphatic carbocycles. The third kappa shape index (κ3) is 18.0. The van der Waals surface area contributed by atoms with Crippen molar-refractivity contribution in [2.24, 2.45) is 28.9 Å². The third-order valence-electron chi connectivity index (χ3n) is 13.2. The zero-order valence-corrected chi connectivity index (χ0v) is 42.6. The number of nitrogens with two attached hydrogens (primary N) is 4. The van der Waals surface area contributed by atoms with Crippen molar-refractivity contribution in [1.82, 2.24) is 36.8 Å². The fourth-order valence-corrected chi connectivity index (χ4v) is 12.5. The van der Waals surface area contributed by atoms with Crippen LogP contribution in [0, 0.1) is 5.92 Å². The highest BCUT2D eigenvalue weighted by atomic mass is 33.1. The SMILES string of the molecule is CCC(C)[C@@H]1NC(=O)[C@H](CCC(N)=O)NC(=O)[C@H](CC(N)=O)NC(=O)[C@H](N2CCC[C@H]2C(=O)N[C@@H](CCCN)C(=O)NCC(N)=O)CSSC2(CCCCC2)CC(=O)[C@H](Cc2ccc(OC)cc2)NC1=O. The molecule has 3 fully saturated rings. The van der Waals surface area contributed by atoms with Gasteiger partial charge in [0.25, 0.3) is 0 Å². The molecule has 0 aromatic heterocycles. The number of primary amides is 3. The number of methoxy groups -OCH3 is 1. The van der Waals surface area contributed by atoms with Gasteiger partial charge >= 0.3 is 0 Å². The molecule has 0 radical (unpaired) electrons. The predicted octanol–water partition coefficient (Wildman–Crippen LogP) is -0.921. The Kier molecular flexibility index (Phi) is 23.4. The van der Waals surface area contributed by atoms with Crippen molar-refractivity contribution in [2.45, 2.75) is 157 Å². The molecule has 71 heavy (non-hydrogen) atoms. The van der Waals surface area contributed by atoms with Gasteiger partial charge in [0.2, 0.25) is 53.2 Å². The Morgan fingerprint density at radius 2 is 1.51 bits per heavy atom. The number of amides is 9. The van der Waals surface area contributed by atoms with Crippen molar-refractivity contribution in [1.29, 1.82) is 0 Å². The number of rotatable bonds is 19. The number of hydrogen-bond acceptors (Lipinski definition) is 15. The van der Waals surface area contributed by atoms with Crippen molar-refractivity contribution >= 4 is 80.5 Å². The molecule has 1 aromatic carbocycles. The Morgan fingerprint density at radius 1 is 0.845 bits per heavy atom. The maximum Gasteiger partial charge on any atom is 0.243 e. The van der Waals surface area contributed by atoms with Gasteiger partial charge in [-0.25, -0.2) is 0 Å². The molecule has 1 spiro atoms. The number of benzene rings is 1. The van der Waals surface area contributed by atoms with Crippen molar-refractivity contribution in [2.75, 3.05) is 32.5 Å². The van der Waals surface area contributed by atoms with Crippen molar-refractivity contribution < 1.29 is 52.7 Å². The first kappa shape index (κ1) is 58.1. The second-order valence-corrected chi connectivity index (χ2v) is 21.4. The number of likely N-dealkylation sites (tertiary alicyclic amines) is 1. The molecule has 0 bridgehead atoms. The largest absolute Gasteiger partial charge is 0.497 e. The minimum Gasteiger partial charge on any atom is -0.497 e. The van der Waals surface area contributed by atoms with Crippen LogP contribution in [0.4, 0.5) is 0 Å². The second-order valence-electron chi connectivity index (χ2n) is 18.6. The summed E-state index contributed by atoms with van der Waals surface area (Å²) in [6.45, 7) is 3.55. The van der Waals surface area contributed by atoms with Gasteiger partial charge in [0.15, 0.2) is 5.78 Å².